The molecule has 0 radical (unpaired) electrons. The van der Waals surface area contributed by atoms with Gasteiger partial charge in [0.25, 0.3) is 10.0 Å². The van der Waals surface area contributed by atoms with Gasteiger partial charge in [-0.25, -0.2) is 13.2 Å². The number of methoxy groups -OCH3 is 1. The van der Waals surface area contributed by atoms with Gasteiger partial charge in [-0.3, -0.25) is 10.2 Å². The molecule has 2 aliphatic heterocycles. The third-order valence-electron chi connectivity index (χ3n) is 7.16. The molecule has 3 aromatic rings. The smallest absolute Gasteiger partial charge is 0.329 e. The van der Waals surface area contributed by atoms with Crippen LogP contribution in [0.15, 0.2) is 52.7 Å². The zero-order valence-corrected chi connectivity index (χ0v) is 23.8. The fourth-order valence-electron chi connectivity index (χ4n) is 4.99. The lowest BCUT2D eigenvalue weighted by molar-refractivity contribution is -0.157. The molecule has 9 nitrogen and oxygen atoms in total. The van der Waals surface area contributed by atoms with Crippen molar-refractivity contribution in [2.75, 3.05) is 33.3 Å². The monoisotopic (exact) mass is 588 g/mol. The summed E-state index contributed by atoms with van der Waals surface area (Å²) in [6, 6.07) is 12.9. The van der Waals surface area contributed by atoms with Gasteiger partial charge in [-0.05, 0) is 48.4 Å². The second-order valence-corrected chi connectivity index (χ2v) is 13.4. The molecule has 0 unspecified atom stereocenters. The number of fused-ring (bicyclic) bond motifs is 1. The number of amidine groups is 1. The molecule has 0 aliphatic carbocycles. The Hall–Kier alpha value is -2.99. The van der Waals surface area contributed by atoms with Crippen LogP contribution in [0.3, 0.4) is 0 Å². The first kappa shape index (κ1) is 27.6. The maximum Gasteiger partial charge on any atom is 0.329 e. The summed E-state index contributed by atoms with van der Waals surface area (Å²) >= 11 is 7.12. The summed E-state index contributed by atoms with van der Waals surface area (Å²) in [6.45, 7) is 1.26. The quantitative estimate of drug-likeness (QED) is 0.265. The first-order valence-corrected chi connectivity index (χ1v) is 15.3. The van der Waals surface area contributed by atoms with Crippen LogP contribution in [-0.4, -0.2) is 79.6 Å². The fraction of sp³-hybridized carbons (Fsp3) is 0.370. The number of ether oxygens (including phenoxy) is 1. The van der Waals surface area contributed by atoms with Gasteiger partial charge < -0.3 is 14.5 Å². The molecule has 206 valence electrons. The predicted molar refractivity (Wildman–Crippen MR) is 151 cm³/mol. The Labute approximate surface area is 236 Å². The van der Waals surface area contributed by atoms with Gasteiger partial charge in [-0.1, -0.05) is 41.9 Å². The van der Waals surface area contributed by atoms with Crippen molar-refractivity contribution < 1.29 is 22.7 Å². The lowest BCUT2D eigenvalue weighted by atomic mass is 10.1. The molecule has 0 bridgehead atoms. The third-order valence-corrected chi connectivity index (χ3v) is 10.8. The molecule has 5 rings (SSSR count). The Balaban J connectivity index is 1.34. The van der Waals surface area contributed by atoms with E-state index in [1.54, 1.807) is 24.3 Å². The molecule has 2 fully saturated rings. The standard InChI is InChI=1S/C27H29ClN4O5S2/c1-37-27(34)22-16-31(39(35,36)25-13-20-9-10-21(28)14-23(20)38-25)17-24(33)32(22)15-18-5-7-19(8-6-18)26(29)30-11-3-2-4-12-30/h5-10,13-14,22,29H,2-4,11-12,15-17H2,1H3/t22-/m1/s1. The highest BCUT2D eigenvalue weighted by atomic mass is 35.5. The van der Waals surface area contributed by atoms with Crippen LogP contribution in [0, 0.1) is 5.41 Å². The first-order chi connectivity index (χ1) is 18.7. The largest absolute Gasteiger partial charge is 0.467 e. The zero-order chi connectivity index (χ0) is 27.7. The Morgan fingerprint density at radius 2 is 1.82 bits per heavy atom. The van der Waals surface area contributed by atoms with Gasteiger partial charge in [0.1, 0.15) is 16.1 Å². The summed E-state index contributed by atoms with van der Waals surface area (Å²) in [5.41, 5.74) is 1.56. The van der Waals surface area contributed by atoms with Gasteiger partial charge in [0.2, 0.25) is 5.91 Å². The number of nitrogens with one attached hydrogen (secondary N) is 1. The number of hydrogen-bond donors (Lipinski definition) is 1. The highest BCUT2D eigenvalue weighted by molar-refractivity contribution is 7.91. The summed E-state index contributed by atoms with van der Waals surface area (Å²) < 4.78 is 33.8. The molecular weight excluding hydrogens is 560 g/mol. The van der Waals surface area contributed by atoms with E-state index in [0.29, 0.717) is 15.6 Å². The van der Waals surface area contributed by atoms with Gasteiger partial charge in [-0.2, -0.15) is 4.31 Å². The number of benzene rings is 2. The van der Waals surface area contributed by atoms with E-state index in [1.165, 1.54) is 18.4 Å². The number of amides is 1. The maximum absolute atomic E-state index is 13.5. The number of sulfonamides is 1. The van der Waals surface area contributed by atoms with Gasteiger partial charge in [0, 0.05) is 41.5 Å². The second kappa shape index (κ2) is 11.2. The molecule has 1 amide bonds. The van der Waals surface area contributed by atoms with Crippen molar-refractivity contribution in [3.63, 3.8) is 0 Å². The zero-order valence-electron chi connectivity index (χ0n) is 21.4. The molecule has 2 aromatic carbocycles. The molecule has 12 heteroatoms. The van der Waals surface area contributed by atoms with E-state index >= 15 is 0 Å². The van der Waals surface area contributed by atoms with E-state index in [0.717, 1.165) is 58.1 Å². The molecular formula is C27H29ClN4O5S2. The minimum absolute atomic E-state index is 0.0800. The van der Waals surface area contributed by atoms with Crippen LogP contribution >= 0.6 is 22.9 Å². The van der Waals surface area contributed by atoms with Crippen molar-refractivity contribution in [2.24, 2.45) is 0 Å². The van der Waals surface area contributed by atoms with E-state index in [-0.39, 0.29) is 23.8 Å². The van der Waals surface area contributed by atoms with Crippen molar-refractivity contribution >= 4 is 60.8 Å². The number of likely N-dealkylation sites (tertiary alicyclic amines) is 1. The molecule has 2 saturated heterocycles. The SMILES string of the molecule is COC(=O)[C@H]1CN(S(=O)(=O)c2cc3ccc(Cl)cc3s2)CC(=O)N1Cc1ccc(C(=N)N2CCCCC2)cc1. The van der Waals surface area contributed by atoms with Crippen molar-refractivity contribution in [3.8, 4) is 0 Å². The molecule has 0 saturated carbocycles. The summed E-state index contributed by atoms with van der Waals surface area (Å²) in [4.78, 5) is 29.4. The van der Waals surface area contributed by atoms with E-state index in [9.17, 15) is 18.0 Å². The number of nitrogens with zero attached hydrogens (tertiary/aromatic N) is 3. The van der Waals surface area contributed by atoms with Gasteiger partial charge in [0.05, 0.1) is 13.7 Å². The van der Waals surface area contributed by atoms with Crippen molar-refractivity contribution in [1.82, 2.24) is 14.1 Å². The lowest BCUT2D eigenvalue weighted by Gasteiger charge is -2.38. The maximum atomic E-state index is 13.5. The Bertz CT molecular complexity index is 1520. The number of hydrogen-bond acceptors (Lipinski definition) is 7. The highest BCUT2D eigenvalue weighted by Crippen LogP contribution is 2.34. The topological polar surface area (TPSA) is 111 Å². The molecule has 0 spiro atoms. The number of piperazine rings is 1. The van der Waals surface area contributed by atoms with E-state index in [1.807, 2.05) is 24.3 Å². The number of carbonyl (C=O) groups is 2. The summed E-state index contributed by atoms with van der Waals surface area (Å²) in [5, 5.41) is 9.75. The van der Waals surface area contributed by atoms with Crippen LogP contribution in [0.4, 0.5) is 0 Å². The Morgan fingerprint density at radius 3 is 2.51 bits per heavy atom. The van der Waals surface area contributed by atoms with Crippen LogP contribution in [0.5, 0.6) is 0 Å². The number of halogens is 1. The average Bonchev–Trinajstić information content (AvgIpc) is 3.38. The molecule has 1 aromatic heterocycles. The van der Waals surface area contributed by atoms with Crippen LogP contribution < -0.4 is 0 Å². The molecule has 1 atom stereocenters. The average molecular weight is 589 g/mol. The van der Waals surface area contributed by atoms with Crippen LogP contribution in [0.1, 0.15) is 30.4 Å². The normalized spacial score (nSPS) is 18.9. The van der Waals surface area contributed by atoms with Gasteiger partial charge in [-0.15, -0.1) is 11.3 Å². The number of piperidine rings is 1. The summed E-state index contributed by atoms with van der Waals surface area (Å²) in [6.07, 6.45) is 3.35. The predicted octanol–water partition coefficient (Wildman–Crippen LogP) is 3.94. The Kier molecular flexibility index (Phi) is 7.95. The van der Waals surface area contributed by atoms with Crippen molar-refractivity contribution in [3.05, 3.63) is 64.7 Å². The Morgan fingerprint density at radius 1 is 1.10 bits per heavy atom. The van der Waals surface area contributed by atoms with Crippen molar-refractivity contribution in [1.29, 1.82) is 5.41 Å². The molecule has 1 N–H and O–H groups in total. The third kappa shape index (κ3) is 5.67. The van der Waals surface area contributed by atoms with Crippen LogP contribution in [0.25, 0.3) is 10.1 Å². The fourth-order valence-corrected chi connectivity index (χ4v) is 8.22. The van der Waals surface area contributed by atoms with Gasteiger partial charge in [0.15, 0.2) is 0 Å². The summed E-state index contributed by atoms with van der Waals surface area (Å²) in [7, 11) is -2.82. The summed E-state index contributed by atoms with van der Waals surface area (Å²) in [5.74, 6) is -0.698. The minimum Gasteiger partial charge on any atom is -0.467 e. The highest BCUT2D eigenvalue weighted by Gasteiger charge is 2.42. The lowest BCUT2D eigenvalue weighted by Crippen LogP contribution is -2.60. The minimum atomic E-state index is -4.04. The van der Waals surface area contributed by atoms with E-state index < -0.39 is 27.9 Å². The second-order valence-electron chi connectivity index (χ2n) is 9.70. The molecule has 2 aliphatic rings. The van der Waals surface area contributed by atoms with Gasteiger partial charge >= 0.3 is 5.97 Å². The first-order valence-electron chi connectivity index (χ1n) is 12.7. The molecule has 3 heterocycles. The van der Waals surface area contributed by atoms with Crippen molar-refractivity contribution in [2.45, 2.75) is 36.1 Å². The van der Waals surface area contributed by atoms with Crippen LogP contribution in [-0.2, 0) is 30.9 Å². The number of rotatable bonds is 6. The number of thiophene rings is 1. The number of esters is 1. The van der Waals surface area contributed by atoms with E-state index in [4.69, 9.17) is 21.7 Å². The van der Waals surface area contributed by atoms with Crippen LogP contribution in [0.2, 0.25) is 5.02 Å². The number of carbonyl (C=O) groups excluding carboxylic acids is 2. The van der Waals surface area contributed by atoms with E-state index in [2.05, 4.69) is 4.90 Å². The molecule has 39 heavy (non-hydrogen) atoms.